The lowest BCUT2D eigenvalue weighted by Gasteiger charge is -2.40. The minimum atomic E-state index is -1.01. The molecular weight excluding hydrogens is 470 g/mol. The zero-order valence-corrected chi connectivity index (χ0v) is 21.4. The molecule has 0 aromatic heterocycles. The summed E-state index contributed by atoms with van der Waals surface area (Å²) in [6.07, 6.45) is -0.596. The van der Waals surface area contributed by atoms with Crippen molar-refractivity contribution < 1.29 is 32.9 Å². The van der Waals surface area contributed by atoms with Gasteiger partial charge in [-0.3, -0.25) is 9.18 Å². The van der Waals surface area contributed by atoms with Gasteiger partial charge in [-0.2, -0.15) is 0 Å². The van der Waals surface area contributed by atoms with Crippen LogP contribution in [-0.4, -0.2) is 68.0 Å². The summed E-state index contributed by atoms with van der Waals surface area (Å²) in [7, 11) is 0. The van der Waals surface area contributed by atoms with Crippen LogP contribution in [0.3, 0.4) is 0 Å². The van der Waals surface area contributed by atoms with Crippen molar-refractivity contribution in [3.05, 3.63) is 29.6 Å². The first-order valence-electron chi connectivity index (χ1n) is 11.5. The van der Waals surface area contributed by atoms with Gasteiger partial charge in [0.1, 0.15) is 11.6 Å². The Balaban J connectivity index is 0.00000578. The summed E-state index contributed by atoms with van der Waals surface area (Å²) in [5, 5.41) is 17.1. The Bertz CT molecular complexity index is 771. The molecule has 1 fully saturated rings. The molecule has 7 nitrogen and oxygen atoms in total. The van der Waals surface area contributed by atoms with Crippen LogP contribution in [0.4, 0.5) is 8.78 Å². The van der Waals surface area contributed by atoms with Gasteiger partial charge in [0.25, 0.3) is 0 Å². The molecule has 5 atom stereocenters. The van der Waals surface area contributed by atoms with Crippen LogP contribution in [0.25, 0.3) is 0 Å². The number of ether oxygens (including phenoxy) is 3. The lowest BCUT2D eigenvalue weighted by molar-refractivity contribution is -0.203. The predicted octanol–water partition coefficient (Wildman–Crippen LogP) is 3.16. The van der Waals surface area contributed by atoms with Gasteiger partial charge in [0, 0.05) is 18.4 Å². The highest BCUT2D eigenvalue weighted by molar-refractivity contribution is 5.85. The maximum Gasteiger partial charge on any atom is 0.217 e. The van der Waals surface area contributed by atoms with Gasteiger partial charge in [-0.25, -0.2) is 4.39 Å². The molecule has 1 aromatic rings. The summed E-state index contributed by atoms with van der Waals surface area (Å²) in [6.45, 7) is 9.00. The van der Waals surface area contributed by atoms with Crippen molar-refractivity contribution >= 4 is 18.3 Å². The summed E-state index contributed by atoms with van der Waals surface area (Å²) >= 11 is 0. The van der Waals surface area contributed by atoms with E-state index in [1.54, 1.807) is 19.9 Å². The quantitative estimate of drug-likeness (QED) is 0.402. The molecule has 0 spiro atoms. The van der Waals surface area contributed by atoms with E-state index >= 15 is 0 Å². The van der Waals surface area contributed by atoms with E-state index in [9.17, 15) is 18.7 Å². The summed E-state index contributed by atoms with van der Waals surface area (Å²) < 4.78 is 44.2. The number of aliphatic hydroxyl groups excluding tert-OH is 1. The fraction of sp³-hybridized carbons (Fsp3) is 0.708. The number of hydrogen-bond acceptors (Lipinski definition) is 6. The summed E-state index contributed by atoms with van der Waals surface area (Å²) in [5.41, 5.74) is -0.0148. The van der Waals surface area contributed by atoms with E-state index < -0.39 is 42.4 Å². The van der Waals surface area contributed by atoms with E-state index in [1.165, 1.54) is 19.1 Å². The number of morpholine rings is 1. The molecule has 0 radical (unpaired) electrons. The lowest BCUT2D eigenvalue weighted by atomic mass is 9.95. The molecule has 1 aromatic carbocycles. The van der Waals surface area contributed by atoms with Crippen molar-refractivity contribution in [3.63, 3.8) is 0 Å². The fourth-order valence-electron chi connectivity index (χ4n) is 3.64. The Labute approximate surface area is 207 Å². The SMILES string of the molecule is CCCOc1cc(F)cc(C[C@H](NC(C)=O)[C@H](O)[C@H]2CO[C@@H](OCC(C)(C)CF)[C@H](C)N2)c1.Cl. The number of benzene rings is 1. The minimum absolute atomic E-state index is 0. The van der Waals surface area contributed by atoms with E-state index in [-0.39, 0.29) is 44.0 Å². The number of nitrogens with one attached hydrogen (secondary N) is 2. The number of alkyl halides is 1. The molecule has 3 N–H and O–H groups in total. The van der Waals surface area contributed by atoms with Gasteiger partial charge in [0.15, 0.2) is 6.29 Å². The Morgan fingerprint density at radius 3 is 2.68 bits per heavy atom. The molecule has 1 saturated heterocycles. The van der Waals surface area contributed by atoms with Crippen LogP contribution in [0.5, 0.6) is 5.75 Å². The first-order chi connectivity index (χ1) is 15.5. The van der Waals surface area contributed by atoms with E-state index in [0.29, 0.717) is 17.9 Å². The van der Waals surface area contributed by atoms with Gasteiger partial charge < -0.3 is 30.0 Å². The average Bonchev–Trinajstić information content (AvgIpc) is 2.75. The van der Waals surface area contributed by atoms with Gasteiger partial charge >= 0.3 is 0 Å². The topological polar surface area (TPSA) is 89.1 Å². The Morgan fingerprint density at radius 2 is 2.09 bits per heavy atom. The Kier molecular flexibility index (Phi) is 12.7. The molecule has 0 saturated carbocycles. The second kappa shape index (κ2) is 14.1. The fourth-order valence-corrected chi connectivity index (χ4v) is 3.64. The van der Waals surface area contributed by atoms with E-state index in [0.717, 1.165) is 6.42 Å². The molecule has 34 heavy (non-hydrogen) atoms. The number of halogens is 3. The predicted molar refractivity (Wildman–Crippen MR) is 129 cm³/mol. The second-order valence-corrected chi connectivity index (χ2v) is 9.52. The van der Waals surface area contributed by atoms with Crippen LogP contribution in [0.1, 0.15) is 46.6 Å². The van der Waals surface area contributed by atoms with E-state index in [2.05, 4.69) is 10.6 Å². The lowest BCUT2D eigenvalue weighted by Crippen LogP contribution is -2.62. The van der Waals surface area contributed by atoms with Crippen LogP contribution in [0.2, 0.25) is 0 Å². The molecule has 1 aliphatic heterocycles. The Hall–Kier alpha value is -1.52. The highest BCUT2D eigenvalue weighted by Crippen LogP contribution is 2.22. The molecule has 1 heterocycles. The van der Waals surface area contributed by atoms with Gasteiger partial charge in [-0.15, -0.1) is 12.4 Å². The number of hydrogen-bond donors (Lipinski definition) is 3. The molecule has 2 rings (SSSR count). The van der Waals surface area contributed by atoms with Crippen molar-refractivity contribution in [2.45, 2.75) is 78.0 Å². The third kappa shape index (κ3) is 9.62. The van der Waals surface area contributed by atoms with Gasteiger partial charge in [-0.05, 0) is 37.5 Å². The normalized spacial score (nSPS) is 22.4. The molecule has 1 amide bonds. The smallest absolute Gasteiger partial charge is 0.217 e. The van der Waals surface area contributed by atoms with Gasteiger partial charge in [-0.1, -0.05) is 20.8 Å². The van der Waals surface area contributed by atoms with E-state index in [4.69, 9.17) is 14.2 Å². The van der Waals surface area contributed by atoms with Crippen molar-refractivity contribution in [1.82, 2.24) is 10.6 Å². The minimum Gasteiger partial charge on any atom is -0.493 e. The zero-order chi connectivity index (χ0) is 24.6. The van der Waals surface area contributed by atoms with Crippen molar-refractivity contribution in [3.8, 4) is 5.75 Å². The largest absolute Gasteiger partial charge is 0.493 e. The van der Waals surface area contributed by atoms with Gasteiger partial charge in [0.2, 0.25) is 5.91 Å². The third-order valence-corrected chi connectivity index (χ3v) is 5.40. The number of aliphatic hydroxyl groups is 1. The van der Waals surface area contributed by atoms with Crippen LogP contribution < -0.4 is 15.4 Å². The average molecular weight is 509 g/mol. The third-order valence-electron chi connectivity index (χ3n) is 5.40. The summed E-state index contributed by atoms with van der Waals surface area (Å²) in [5.74, 6) is -0.345. The molecule has 0 unspecified atom stereocenters. The van der Waals surface area contributed by atoms with Crippen molar-refractivity contribution in [2.24, 2.45) is 5.41 Å². The monoisotopic (exact) mass is 508 g/mol. The van der Waals surface area contributed by atoms with E-state index in [1.807, 2.05) is 13.8 Å². The number of carbonyl (C=O) groups excluding carboxylic acids is 1. The standard InChI is InChI=1S/C24H38F2N2O5.ClH/c1-6-7-31-19-9-17(8-18(26)11-19)10-20(28-16(3)29)22(30)21-12-32-23(15(2)27-21)33-14-24(4,5)13-25;/h8-9,11,15,20-23,27,30H,6-7,10,12-14H2,1-5H3,(H,28,29);1H/t15-,20-,21+,22-,23-;/m0./s1. The highest BCUT2D eigenvalue weighted by atomic mass is 35.5. The molecule has 0 bridgehead atoms. The van der Waals surface area contributed by atoms with Crippen LogP contribution in [0, 0.1) is 11.2 Å². The molecular formula is C24H39ClF2N2O5. The molecule has 0 aliphatic carbocycles. The molecule has 196 valence electrons. The van der Waals surface area contributed by atoms with Crippen molar-refractivity contribution in [2.75, 3.05) is 26.5 Å². The first kappa shape index (κ1) is 30.5. The maximum absolute atomic E-state index is 14.1. The summed E-state index contributed by atoms with van der Waals surface area (Å²) in [4.78, 5) is 11.8. The number of amides is 1. The van der Waals surface area contributed by atoms with Crippen molar-refractivity contribution in [1.29, 1.82) is 0 Å². The van der Waals surface area contributed by atoms with Crippen LogP contribution in [-0.2, 0) is 20.7 Å². The maximum atomic E-state index is 14.1. The highest BCUT2D eigenvalue weighted by Gasteiger charge is 2.36. The first-order valence-corrected chi connectivity index (χ1v) is 11.5. The number of rotatable bonds is 12. The van der Waals surface area contributed by atoms with Crippen LogP contribution in [0.15, 0.2) is 18.2 Å². The Morgan fingerprint density at radius 1 is 1.38 bits per heavy atom. The number of carbonyl (C=O) groups is 1. The van der Waals surface area contributed by atoms with Gasteiger partial charge in [0.05, 0.1) is 50.7 Å². The second-order valence-electron chi connectivity index (χ2n) is 9.52. The zero-order valence-electron chi connectivity index (χ0n) is 20.6. The summed E-state index contributed by atoms with van der Waals surface area (Å²) in [6, 6.07) is 2.95. The molecule has 1 aliphatic rings. The van der Waals surface area contributed by atoms with Crippen LogP contribution >= 0.6 is 12.4 Å². The molecule has 10 heteroatoms.